The zero-order valence-corrected chi connectivity index (χ0v) is 12.0. The topological polar surface area (TPSA) is 96.3 Å². The smallest absolute Gasteiger partial charge is 0.412 e. The number of carbonyl (C=O) groups excluding carboxylic acids is 1. The molecule has 108 valence electrons. The van der Waals surface area contributed by atoms with Crippen LogP contribution in [0, 0.1) is 0 Å². The maximum Gasteiger partial charge on any atom is 0.412 e. The van der Waals surface area contributed by atoms with Crippen LogP contribution in [0.4, 0.5) is 10.5 Å². The molecule has 0 bridgehead atoms. The van der Waals surface area contributed by atoms with Crippen LogP contribution in [0.1, 0.15) is 26.3 Å². The van der Waals surface area contributed by atoms with Gasteiger partial charge >= 0.3 is 6.09 Å². The normalized spacial score (nSPS) is 10.4. The van der Waals surface area contributed by atoms with E-state index in [-0.39, 0.29) is 6.54 Å². The molecule has 0 radical (unpaired) electrons. The van der Waals surface area contributed by atoms with Crippen LogP contribution >= 0.6 is 0 Å². The summed E-state index contributed by atoms with van der Waals surface area (Å²) in [4.78, 5) is 14.4. The van der Waals surface area contributed by atoms with Gasteiger partial charge < -0.3 is 9.47 Å². The number of rotatable bonds is 4. The molecule has 7 nitrogen and oxygen atoms in total. The summed E-state index contributed by atoms with van der Waals surface area (Å²) in [5.41, 5.74) is 8.98. The number of methoxy groups -OCH3 is 1. The number of benzene rings is 1. The second kappa shape index (κ2) is 6.68. The Hall–Kier alpha value is -2.40. The molecule has 1 rings (SSSR count). The minimum Gasteiger partial charge on any atom is -0.497 e. The monoisotopic (exact) mass is 278 g/mol. The van der Waals surface area contributed by atoms with Crippen molar-refractivity contribution in [3.05, 3.63) is 34.2 Å². The molecule has 0 saturated heterocycles. The van der Waals surface area contributed by atoms with Crippen LogP contribution in [-0.4, -0.2) is 18.8 Å². The number of nitrogens with zero attached hydrogens (tertiary/aromatic N) is 3. The summed E-state index contributed by atoms with van der Waals surface area (Å²) in [5.74, 6) is 0.614. The van der Waals surface area contributed by atoms with E-state index in [0.29, 0.717) is 17.0 Å². The lowest BCUT2D eigenvalue weighted by Gasteiger charge is -2.20. The van der Waals surface area contributed by atoms with Gasteiger partial charge in [0.2, 0.25) is 0 Å². The van der Waals surface area contributed by atoms with Crippen molar-refractivity contribution in [1.29, 1.82) is 0 Å². The van der Waals surface area contributed by atoms with Crippen LogP contribution in [0.2, 0.25) is 0 Å². The molecule has 0 aliphatic heterocycles. The summed E-state index contributed by atoms with van der Waals surface area (Å²) in [7, 11) is 1.54. The average molecular weight is 278 g/mol. The third-order valence-corrected chi connectivity index (χ3v) is 2.25. The van der Waals surface area contributed by atoms with E-state index in [0.717, 1.165) is 0 Å². The van der Waals surface area contributed by atoms with Crippen molar-refractivity contribution in [2.24, 2.45) is 5.11 Å². The summed E-state index contributed by atoms with van der Waals surface area (Å²) < 4.78 is 10.3. The lowest BCUT2D eigenvalue weighted by Crippen LogP contribution is -2.27. The fourth-order valence-electron chi connectivity index (χ4n) is 1.47. The lowest BCUT2D eigenvalue weighted by atomic mass is 10.1. The molecule has 1 aromatic rings. The van der Waals surface area contributed by atoms with Crippen LogP contribution < -0.4 is 10.1 Å². The van der Waals surface area contributed by atoms with Gasteiger partial charge in [0, 0.05) is 10.6 Å². The summed E-state index contributed by atoms with van der Waals surface area (Å²) in [6.07, 6.45) is -0.565. The molecule has 0 aliphatic rings. The quantitative estimate of drug-likeness (QED) is 0.514. The van der Waals surface area contributed by atoms with Crippen molar-refractivity contribution in [3.63, 3.8) is 0 Å². The van der Waals surface area contributed by atoms with Crippen LogP contribution in [-0.2, 0) is 11.3 Å². The molecule has 1 aromatic carbocycles. The molecule has 0 aliphatic carbocycles. The maximum atomic E-state index is 11.7. The summed E-state index contributed by atoms with van der Waals surface area (Å²) in [6.45, 7) is 5.45. The van der Waals surface area contributed by atoms with E-state index < -0.39 is 11.7 Å². The van der Waals surface area contributed by atoms with Crippen molar-refractivity contribution >= 4 is 11.8 Å². The highest BCUT2D eigenvalue weighted by Gasteiger charge is 2.17. The first-order valence-electron chi connectivity index (χ1n) is 6.03. The van der Waals surface area contributed by atoms with E-state index in [1.807, 2.05) is 0 Å². The SMILES string of the molecule is COc1ccc(NC(=O)OC(C)(C)C)c(CN=[N+]=[N-])c1. The Morgan fingerprint density at radius 2 is 2.15 bits per heavy atom. The van der Waals surface area contributed by atoms with E-state index in [1.165, 1.54) is 7.11 Å². The van der Waals surface area contributed by atoms with E-state index in [2.05, 4.69) is 15.3 Å². The van der Waals surface area contributed by atoms with Gasteiger partial charge in [-0.1, -0.05) is 5.11 Å². The van der Waals surface area contributed by atoms with Crippen LogP contribution in [0.3, 0.4) is 0 Å². The van der Waals surface area contributed by atoms with Gasteiger partial charge in [-0.3, -0.25) is 5.32 Å². The van der Waals surface area contributed by atoms with Crippen molar-refractivity contribution in [1.82, 2.24) is 0 Å². The van der Waals surface area contributed by atoms with Gasteiger partial charge in [-0.05, 0) is 50.1 Å². The molecule has 0 heterocycles. The Morgan fingerprint density at radius 1 is 1.45 bits per heavy atom. The van der Waals surface area contributed by atoms with E-state index in [1.54, 1.807) is 39.0 Å². The molecule has 0 unspecified atom stereocenters. The fourth-order valence-corrected chi connectivity index (χ4v) is 1.47. The standard InChI is InChI=1S/C13H18N4O3/c1-13(2,3)20-12(18)16-11-6-5-10(19-4)7-9(11)8-15-17-14/h5-7H,8H2,1-4H3,(H,16,18). The molecule has 0 spiro atoms. The zero-order chi connectivity index (χ0) is 15.2. The third kappa shape index (κ3) is 5.07. The van der Waals surface area contributed by atoms with Gasteiger partial charge in [-0.15, -0.1) is 0 Å². The number of nitrogens with one attached hydrogen (secondary N) is 1. The Labute approximate surface area is 117 Å². The molecule has 0 aromatic heterocycles. The summed E-state index contributed by atoms with van der Waals surface area (Å²) in [5, 5.41) is 6.12. The first kappa shape index (κ1) is 15.7. The molecular weight excluding hydrogens is 260 g/mol. The van der Waals surface area contributed by atoms with Gasteiger partial charge in [0.1, 0.15) is 11.4 Å². The van der Waals surface area contributed by atoms with E-state index >= 15 is 0 Å². The second-order valence-corrected chi connectivity index (χ2v) is 5.04. The molecule has 0 saturated carbocycles. The highest BCUT2D eigenvalue weighted by atomic mass is 16.6. The molecule has 20 heavy (non-hydrogen) atoms. The van der Waals surface area contributed by atoms with Gasteiger partial charge in [-0.2, -0.15) is 0 Å². The Morgan fingerprint density at radius 3 is 2.70 bits per heavy atom. The third-order valence-electron chi connectivity index (χ3n) is 2.25. The minimum absolute atomic E-state index is 0.110. The highest BCUT2D eigenvalue weighted by Crippen LogP contribution is 2.23. The van der Waals surface area contributed by atoms with Crippen molar-refractivity contribution in [2.45, 2.75) is 32.9 Å². The Balaban J connectivity index is 2.92. The van der Waals surface area contributed by atoms with Crippen LogP contribution in [0.15, 0.2) is 23.3 Å². The molecular formula is C13H18N4O3. The first-order valence-corrected chi connectivity index (χ1v) is 6.03. The minimum atomic E-state index is -0.582. The van der Waals surface area contributed by atoms with Crippen LogP contribution in [0.5, 0.6) is 5.75 Å². The summed E-state index contributed by atoms with van der Waals surface area (Å²) >= 11 is 0. The van der Waals surface area contributed by atoms with Gasteiger partial charge in [0.15, 0.2) is 0 Å². The van der Waals surface area contributed by atoms with Gasteiger partial charge in [0.05, 0.1) is 13.7 Å². The predicted molar refractivity (Wildman–Crippen MR) is 75.7 cm³/mol. The fraction of sp³-hybridized carbons (Fsp3) is 0.462. The van der Waals surface area contributed by atoms with E-state index in [9.17, 15) is 4.79 Å². The highest BCUT2D eigenvalue weighted by molar-refractivity contribution is 5.86. The molecule has 1 amide bonds. The Bertz CT molecular complexity index is 531. The first-order chi connectivity index (χ1) is 9.35. The number of ether oxygens (including phenoxy) is 2. The molecule has 0 fully saturated rings. The predicted octanol–water partition coefficient (Wildman–Crippen LogP) is 3.85. The van der Waals surface area contributed by atoms with Crippen LogP contribution in [0.25, 0.3) is 10.4 Å². The largest absolute Gasteiger partial charge is 0.497 e. The van der Waals surface area contributed by atoms with Crippen molar-refractivity contribution in [3.8, 4) is 5.75 Å². The molecule has 0 atom stereocenters. The lowest BCUT2D eigenvalue weighted by molar-refractivity contribution is 0.0636. The zero-order valence-electron chi connectivity index (χ0n) is 12.0. The number of amides is 1. The number of hydrogen-bond donors (Lipinski definition) is 1. The molecule has 1 N–H and O–H groups in total. The second-order valence-electron chi connectivity index (χ2n) is 5.04. The van der Waals surface area contributed by atoms with Crippen molar-refractivity contribution in [2.75, 3.05) is 12.4 Å². The van der Waals surface area contributed by atoms with Gasteiger partial charge in [0.25, 0.3) is 0 Å². The number of hydrogen-bond acceptors (Lipinski definition) is 4. The molecule has 7 heteroatoms. The summed E-state index contributed by atoms with van der Waals surface area (Å²) in [6, 6.07) is 5.07. The van der Waals surface area contributed by atoms with Gasteiger partial charge in [-0.25, -0.2) is 4.79 Å². The number of azide groups is 1. The average Bonchev–Trinajstić information content (AvgIpc) is 2.35. The van der Waals surface area contributed by atoms with E-state index in [4.69, 9.17) is 15.0 Å². The number of anilines is 1. The number of carbonyl (C=O) groups is 1. The Kier molecular flexibility index (Phi) is 5.23. The maximum absolute atomic E-state index is 11.7. The van der Waals surface area contributed by atoms with Crippen molar-refractivity contribution < 1.29 is 14.3 Å².